The van der Waals surface area contributed by atoms with Crippen molar-refractivity contribution in [3.63, 3.8) is 0 Å². The summed E-state index contributed by atoms with van der Waals surface area (Å²) in [5.74, 6) is -3.94. The molecular formula is C15H17F2NO4. The highest BCUT2D eigenvalue weighted by Crippen LogP contribution is 2.48. The smallest absolute Gasteiger partial charge is 0.331 e. The topological polar surface area (TPSA) is 75.6 Å². The SMILES string of the molecule is COCC(C)(NC(=O)C1CC1c1ccc(F)cc1F)C(=O)O. The molecule has 1 aromatic rings. The molecule has 2 rings (SSSR count). The van der Waals surface area contributed by atoms with Crippen LogP contribution in [0.4, 0.5) is 8.78 Å². The lowest BCUT2D eigenvalue weighted by Gasteiger charge is -2.25. The van der Waals surface area contributed by atoms with E-state index in [4.69, 9.17) is 4.74 Å². The molecule has 0 bridgehead atoms. The Morgan fingerprint density at radius 1 is 1.45 bits per heavy atom. The first-order chi connectivity index (χ1) is 10.3. The summed E-state index contributed by atoms with van der Waals surface area (Å²) in [5, 5.41) is 11.6. The average Bonchev–Trinajstić information content (AvgIpc) is 3.19. The zero-order valence-electron chi connectivity index (χ0n) is 12.2. The average molecular weight is 313 g/mol. The van der Waals surface area contributed by atoms with Gasteiger partial charge in [-0.3, -0.25) is 4.79 Å². The Labute approximate surface area is 126 Å². The fourth-order valence-corrected chi connectivity index (χ4v) is 2.44. The molecule has 1 aromatic carbocycles. The molecule has 0 aromatic heterocycles. The molecule has 1 saturated carbocycles. The maximum atomic E-state index is 13.7. The third kappa shape index (κ3) is 3.24. The van der Waals surface area contributed by atoms with Crippen molar-refractivity contribution in [2.24, 2.45) is 5.92 Å². The highest BCUT2D eigenvalue weighted by atomic mass is 19.1. The molecule has 0 aliphatic heterocycles. The van der Waals surface area contributed by atoms with Crippen molar-refractivity contribution >= 4 is 11.9 Å². The number of hydrogen-bond donors (Lipinski definition) is 2. The number of amides is 1. The number of carboxylic acids is 1. The fourth-order valence-electron chi connectivity index (χ4n) is 2.44. The first-order valence-electron chi connectivity index (χ1n) is 6.78. The van der Waals surface area contributed by atoms with Gasteiger partial charge in [0.15, 0.2) is 5.54 Å². The second-order valence-corrected chi connectivity index (χ2v) is 5.67. The van der Waals surface area contributed by atoms with Crippen LogP contribution < -0.4 is 5.32 Å². The maximum Gasteiger partial charge on any atom is 0.331 e. The minimum absolute atomic E-state index is 0.184. The molecule has 1 amide bonds. The third-order valence-corrected chi connectivity index (χ3v) is 3.79. The standard InChI is InChI=1S/C15H17F2NO4/c1-15(7-22-2,14(20)21)18-13(19)11-6-10(11)9-4-3-8(16)5-12(9)17/h3-5,10-11H,6-7H2,1-2H3,(H,18,19)(H,20,21). The van der Waals surface area contributed by atoms with Crippen molar-refractivity contribution in [1.82, 2.24) is 5.32 Å². The van der Waals surface area contributed by atoms with Gasteiger partial charge in [0.2, 0.25) is 5.91 Å². The lowest BCUT2D eigenvalue weighted by atomic mass is 10.0. The highest BCUT2D eigenvalue weighted by Gasteiger charge is 2.48. The van der Waals surface area contributed by atoms with Crippen LogP contribution >= 0.6 is 0 Å². The molecule has 0 heterocycles. The predicted octanol–water partition coefficient (Wildman–Crippen LogP) is 1.67. The number of carbonyl (C=O) groups excluding carboxylic acids is 1. The molecule has 7 heteroatoms. The van der Waals surface area contributed by atoms with Crippen LogP contribution in [0.25, 0.3) is 0 Å². The van der Waals surface area contributed by atoms with Crippen molar-refractivity contribution in [3.05, 3.63) is 35.4 Å². The van der Waals surface area contributed by atoms with Gasteiger partial charge < -0.3 is 15.2 Å². The summed E-state index contributed by atoms with van der Waals surface area (Å²) in [4.78, 5) is 23.4. The van der Waals surface area contributed by atoms with E-state index in [0.717, 1.165) is 12.1 Å². The lowest BCUT2D eigenvalue weighted by molar-refractivity contribution is -0.149. The van der Waals surface area contributed by atoms with E-state index < -0.39 is 35.0 Å². The number of carbonyl (C=O) groups is 2. The molecule has 0 spiro atoms. The molecule has 22 heavy (non-hydrogen) atoms. The summed E-state index contributed by atoms with van der Waals surface area (Å²) in [6.07, 6.45) is 0.400. The van der Waals surface area contributed by atoms with E-state index in [1.807, 2.05) is 0 Å². The molecule has 1 aliphatic carbocycles. The second-order valence-electron chi connectivity index (χ2n) is 5.67. The van der Waals surface area contributed by atoms with Gasteiger partial charge in [-0.1, -0.05) is 6.07 Å². The van der Waals surface area contributed by atoms with E-state index in [-0.39, 0.29) is 18.1 Å². The molecule has 0 radical (unpaired) electrons. The van der Waals surface area contributed by atoms with Gasteiger partial charge in [0.25, 0.3) is 0 Å². The lowest BCUT2D eigenvalue weighted by Crippen LogP contribution is -2.55. The number of hydrogen-bond acceptors (Lipinski definition) is 3. The molecule has 3 atom stereocenters. The molecule has 3 unspecified atom stereocenters. The molecule has 5 nitrogen and oxygen atoms in total. The number of nitrogens with one attached hydrogen (secondary N) is 1. The second kappa shape index (κ2) is 6.00. The monoisotopic (exact) mass is 313 g/mol. The zero-order chi connectivity index (χ0) is 16.5. The number of carboxylic acid groups (broad SMARTS) is 1. The highest BCUT2D eigenvalue weighted by molar-refractivity contribution is 5.89. The summed E-state index contributed by atoms with van der Waals surface area (Å²) in [6.45, 7) is 1.16. The molecule has 0 saturated heterocycles. The Morgan fingerprint density at radius 2 is 2.14 bits per heavy atom. The molecule has 1 aliphatic rings. The van der Waals surface area contributed by atoms with Crippen LogP contribution in [0.2, 0.25) is 0 Å². The van der Waals surface area contributed by atoms with Crippen molar-refractivity contribution < 1.29 is 28.2 Å². The van der Waals surface area contributed by atoms with Gasteiger partial charge in [-0.05, 0) is 30.9 Å². The van der Waals surface area contributed by atoms with Gasteiger partial charge in [-0.15, -0.1) is 0 Å². The summed E-state index contributed by atoms with van der Waals surface area (Å²) in [6, 6.07) is 3.22. The minimum Gasteiger partial charge on any atom is -0.479 e. The quantitative estimate of drug-likeness (QED) is 0.838. The van der Waals surface area contributed by atoms with Crippen molar-refractivity contribution in [2.75, 3.05) is 13.7 Å². The Morgan fingerprint density at radius 3 is 2.68 bits per heavy atom. The normalized spacial score (nSPS) is 22.7. The van der Waals surface area contributed by atoms with E-state index in [2.05, 4.69) is 5.32 Å². The van der Waals surface area contributed by atoms with Gasteiger partial charge in [-0.25, -0.2) is 13.6 Å². The number of methoxy groups -OCH3 is 1. The van der Waals surface area contributed by atoms with Gasteiger partial charge in [0.1, 0.15) is 11.6 Å². The fraction of sp³-hybridized carbons (Fsp3) is 0.467. The van der Waals surface area contributed by atoms with E-state index in [9.17, 15) is 23.5 Å². The first kappa shape index (κ1) is 16.4. The number of aliphatic carboxylic acids is 1. The zero-order valence-corrected chi connectivity index (χ0v) is 12.2. The van der Waals surface area contributed by atoms with E-state index >= 15 is 0 Å². The first-order valence-corrected chi connectivity index (χ1v) is 6.78. The van der Waals surface area contributed by atoms with Crippen LogP contribution in [0.15, 0.2) is 18.2 Å². The van der Waals surface area contributed by atoms with Crippen LogP contribution in [0.1, 0.15) is 24.8 Å². The largest absolute Gasteiger partial charge is 0.479 e. The Bertz CT molecular complexity index is 607. The van der Waals surface area contributed by atoms with E-state index in [1.54, 1.807) is 0 Å². The summed E-state index contributed by atoms with van der Waals surface area (Å²) in [7, 11) is 1.33. The van der Waals surface area contributed by atoms with Gasteiger partial charge in [0, 0.05) is 19.1 Å². The number of halogens is 2. The predicted molar refractivity (Wildman–Crippen MR) is 73.3 cm³/mol. The van der Waals surface area contributed by atoms with E-state index in [1.165, 1.54) is 20.1 Å². The Balaban J connectivity index is 2.05. The summed E-state index contributed by atoms with van der Waals surface area (Å²) in [5.41, 5.74) is -1.27. The number of ether oxygens (including phenoxy) is 1. The van der Waals surface area contributed by atoms with Crippen molar-refractivity contribution in [2.45, 2.75) is 24.8 Å². The van der Waals surface area contributed by atoms with Gasteiger partial charge in [0.05, 0.1) is 6.61 Å². The van der Waals surface area contributed by atoms with E-state index in [0.29, 0.717) is 6.42 Å². The number of rotatable bonds is 6. The minimum atomic E-state index is -1.54. The summed E-state index contributed by atoms with van der Waals surface area (Å²) < 4.78 is 31.4. The van der Waals surface area contributed by atoms with Crippen molar-refractivity contribution in [3.8, 4) is 0 Å². The molecule has 2 N–H and O–H groups in total. The van der Waals surface area contributed by atoms with Gasteiger partial charge >= 0.3 is 5.97 Å². The van der Waals surface area contributed by atoms with Crippen molar-refractivity contribution in [1.29, 1.82) is 0 Å². The van der Waals surface area contributed by atoms with Gasteiger partial charge in [-0.2, -0.15) is 0 Å². The number of benzene rings is 1. The third-order valence-electron chi connectivity index (χ3n) is 3.79. The Hall–Kier alpha value is -2.02. The van der Waals surface area contributed by atoms with Crippen LogP contribution in [0, 0.1) is 17.6 Å². The molecule has 120 valence electrons. The maximum absolute atomic E-state index is 13.7. The Kier molecular flexibility index (Phi) is 4.46. The molecular weight excluding hydrogens is 296 g/mol. The van der Waals surface area contributed by atoms with Crippen LogP contribution in [0.5, 0.6) is 0 Å². The van der Waals surface area contributed by atoms with Crippen LogP contribution in [0.3, 0.4) is 0 Å². The van der Waals surface area contributed by atoms with Crippen LogP contribution in [-0.4, -0.2) is 36.2 Å². The molecule has 1 fully saturated rings. The van der Waals surface area contributed by atoms with Crippen LogP contribution in [-0.2, 0) is 14.3 Å². The summed E-state index contributed by atoms with van der Waals surface area (Å²) >= 11 is 0.